The van der Waals surface area contributed by atoms with E-state index in [0.717, 1.165) is 34.5 Å². The van der Waals surface area contributed by atoms with E-state index in [1.807, 2.05) is 49.4 Å². The smallest absolute Gasteiger partial charge is 0.416 e. The number of carbonyl (C=O) groups is 2. The molecule has 0 aliphatic heterocycles. The lowest BCUT2D eigenvalue weighted by Crippen LogP contribution is -2.27. The molecule has 0 aliphatic carbocycles. The fraction of sp³-hybridized carbons (Fsp3) is 0.219. The van der Waals surface area contributed by atoms with Crippen molar-refractivity contribution in [2.24, 2.45) is 0 Å². The van der Waals surface area contributed by atoms with Crippen molar-refractivity contribution in [2.45, 2.75) is 33.0 Å². The van der Waals surface area contributed by atoms with Crippen LogP contribution in [0.25, 0.3) is 22.3 Å². The molecule has 1 aromatic heterocycles. The predicted octanol–water partition coefficient (Wildman–Crippen LogP) is 8.34. The van der Waals surface area contributed by atoms with Crippen LogP contribution in [0.1, 0.15) is 40.5 Å². The van der Waals surface area contributed by atoms with Crippen LogP contribution in [0.5, 0.6) is 0 Å². The number of amides is 1. The molecule has 224 valence electrons. The molecule has 4 aromatic rings. The van der Waals surface area contributed by atoms with Gasteiger partial charge in [0.25, 0.3) is 5.91 Å². The van der Waals surface area contributed by atoms with Crippen LogP contribution in [0.2, 0.25) is 10.0 Å². The molecule has 0 radical (unpaired) electrons. The Balaban J connectivity index is 1.56. The third-order valence-corrected chi connectivity index (χ3v) is 7.19. The van der Waals surface area contributed by atoms with Crippen LogP contribution >= 0.6 is 23.2 Å². The number of hydrogen-bond acceptors (Lipinski definition) is 5. The molecule has 0 atom stereocenters. The fourth-order valence-corrected chi connectivity index (χ4v) is 4.86. The van der Waals surface area contributed by atoms with E-state index in [0.29, 0.717) is 16.1 Å². The number of aryl methyl sites for hydroxylation is 1. The zero-order chi connectivity index (χ0) is 31.1. The van der Waals surface area contributed by atoms with Gasteiger partial charge in [0.2, 0.25) is 0 Å². The van der Waals surface area contributed by atoms with E-state index < -0.39 is 23.6 Å². The SMILES string of the molecule is CCOC(=O)CCNC(=O)c1ccc(-c2cc(C(F)(F)F)cc(Cl)c2CNc2ccc(-c3ccc(Cl)cc3)c(C)c2)cn1. The number of esters is 1. The molecule has 6 nitrogen and oxygen atoms in total. The topological polar surface area (TPSA) is 80.3 Å². The second kappa shape index (κ2) is 13.9. The Morgan fingerprint density at radius 2 is 1.65 bits per heavy atom. The number of halogens is 5. The molecular formula is C32H28Cl2F3N3O3. The minimum absolute atomic E-state index is 0.000135. The van der Waals surface area contributed by atoms with Crippen molar-refractivity contribution in [3.63, 3.8) is 0 Å². The standard InChI is InChI=1S/C32H28Cl2F3N3O3/c1-3-43-30(41)12-13-38-31(42)29-11-6-21(17-40-29)26-15-22(32(35,36)37)16-28(34)27(26)18-39-24-9-10-25(19(2)14-24)20-4-7-23(33)8-5-20/h4-11,14-17,39H,3,12-13,18H2,1-2H3,(H,38,42). The molecule has 43 heavy (non-hydrogen) atoms. The van der Waals surface area contributed by atoms with Crippen molar-refractivity contribution >= 4 is 40.8 Å². The number of nitrogens with zero attached hydrogens (tertiary/aromatic N) is 1. The second-order valence-electron chi connectivity index (χ2n) is 9.62. The number of nitrogens with one attached hydrogen (secondary N) is 2. The van der Waals surface area contributed by atoms with Gasteiger partial charge in [-0.25, -0.2) is 0 Å². The average molecular weight is 630 g/mol. The highest BCUT2D eigenvalue weighted by Gasteiger charge is 2.32. The van der Waals surface area contributed by atoms with Gasteiger partial charge in [0.1, 0.15) is 5.69 Å². The molecule has 0 unspecified atom stereocenters. The minimum atomic E-state index is -4.62. The molecule has 4 rings (SSSR count). The molecule has 0 saturated heterocycles. The van der Waals surface area contributed by atoms with E-state index in [4.69, 9.17) is 27.9 Å². The van der Waals surface area contributed by atoms with E-state index in [-0.39, 0.29) is 42.4 Å². The highest BCUT2D eigenvalue weighted by atomic mass is 35.5. The van der Waals surface area contributed by atoms with Crippen molar-refractivity contribution in [3.05, 3.63) is 105 Å². The van der Waals surface area contributed by atoms with Crippen molar-refractivity contribution in [1.82, 2.24) is 10.3 Å². The van der Waals surface area contributed by atoms with Gasteiger partial charge in [-0.05, 0) is 84.1 Å². The summed E-state index contributed by atoms with van der Waals surface area (Å²) in [6, 6.07) is 18.1. The van der Waals surface area contributed by atoms with Gasteiger partial charge < -0.3 is 15.4 Å². The molecule has 2 N–H and O–H groups in total. The normalized spacial score (nSPS) is 11.2. The van der Waals surface area contributed by atoms with Crippen molar-refractivity contribution < 1.29 is 27.5 Å². The number of rotatable bonds is 10. The number of alkyl halides is 3. The van der Waals surface area contributed by atoms with Crippen LogP contribution in [0.15, 0.2) is 72.9 Å². The first-order valence-corrected chi connectivity index (χ1v) is 14.1. The van der Waals surface area contributed by atoms with Gasteiger partial charge in [-0.15, -0.1) is 0 Å². The molecule has 0 aliphatic rings. The summed E-state index contributed by atoms with van der Waals surface area (Å²) in [5.74, 6) is -0.974. The van der Waals surface area contributed by atoms with Crippen LogP contribution in [-0.2, 0) is 22.3 Å². The number of aromatic nitrogens is 1. The molecule has 11 heteroatoms. The maximum atomic E-state index is 13.7. The van der Waals surface area contributed by atoms with Gasteiger partial charge in [0, 0.05) is 40.6 Å². The van der Waals surface area contributed by atoms with Crippen molar-refractivity contribution in [1.29, 1.82) is 0 Å². The molecule has 0 saturated carbocycles. The Kier molecular flexibility index (Phi) is 10.3. The summed E-state index contributed by atoms with van der Waals surface area (Å²) in [7, 11) is 0. The maximum absolute atomic E-state index is 13.7. The van der Waals surface area contributed by atoms with E-state index in [1.54, 1.807) is 6.92 Å². The summed E-state index contributed by atoms with van der Waals surface area (Å²) in [6.07, 6.45) is -3.30. The molecule has 0 bridgehead atoms. The number of ether oxygens (including phenoxy) is 1. The van der Waals surface area contributed by atoms with Gasteiger partial charge in [0.05, 0.1) is 18.6 Å². The van der Waals surface area contributed by atoms with E-state index >= 15 is 0 Å². The Bertz CT molecular complexity index is 1610. The van der Waals surface area contributed by atoms with Crippen LogP contribution in [0.3, 0.4) is 0 Å². The zero-order valence-corrected chi connectivity index (χ0v) is 24.8. The molecular weight excluding hydrogens is 602 g/mol. The molecule has 0 spiro atoms. The third kappa shape index (κ3) is 8.27. The van der Waals surface area contributed by atoms with Gasteiger partial charge in [-0.2, -0.15) is 13.2 Å². The first kappa shape index (κ1) is 31.8. The highest BCUT2D eigenvalue weighted by molar-refractivity contribution is 6.32. The monoisotopic (exact) mass is 629 g/mol. The summed E-state index contributed by atoms with van der Waals surface area (Å²) in [5.41, 5.74) is 3.92. The Morgan fingerprint density at radius 1 is 0.930 bits per heavy atom. The minimum Gasteiger partial charge on any atom is -0.466 e. The quantitative estimate of drug-likeness (QED) is 0.172. The summed E-state index contributed by atoms with van der Waals surface area (Å²) < 4.78 is 45.9. The number of carbonyl (C=O) groups excluding carboxylic acids is 2. The van der Waals surface area contributed by atoms with Crippen LogP contribution in [0.4, 0.5) is 18.9 Å². The van der Waals surface area contributed by atoms with Gasteiger partial charge >= 0.3 is 12.1 Å². The van der Waals surface area contributed by atoms with Gasteiger partial charge in [-0.1, -0.05) is 47.5 Å². The van der Waals surface area contributed by atoms with E-state index in [1.165, 1.54) is 18.3 Å². The summed E-state index contributed by atoms with van der Waals surface area (Å²) in [5, 5.41) is 6.41. The van der Waals surface area contributed by atoms with E-state index in [2.05, 4.69) is 15.6 Å². The largest absolute Gasteiger partial charge is 0.466 e. The van der Waals surface area contributed by atoms with E-state index in [9.17, 15) is 22.8 Å². The molecule has 3 aromatic carbocycles. The zero-order valence-electron chi connectivity index (χ0n) is 23.3. The second-order valence-corrected chi connectivity index (χ2v) is 10.5. The lowest BCUT2D eigenvalue weighted by atomic mass is 9.97. The van der Waals surface area contributed by atoms with Crippen molar-refractivity contribution in [2.75, 3.05) is 18.5 Å². The number of benzene rings is 3. The third-order valence-electron chi connectivity index (χ3n) is 6.60. The number of anilines is 1. The summed E-state index contributed by atoms with van der Waals surface area (Å²) in [4.78, 5) is 28.1. The highest BCUT2D eigenvalue weighted by Crippen LogP contribution is 2.38. The van der Waals surface area contributed by atoms with Crippen LogP contribution < -0.4 is 10.6 Å². The molecule has 0 fully saturated rings. The number of hydrogen-bond donors (Lipinski definition) is 2. The fourth-order valence-electron chi connectivity index (χ4n) is 4.44. The lowest BCUT2D eigenvalue weighted by molar-refractivity contribution is -0.143. The first-order valence-electron chi connectivity index (χ1n) is 13.4. The maximum Gasteiger partial charge on any atom is 0.416 e. The Morgan fingerprint density at radius 3 is 2.28 bits per heavy atom. The van der Waals surface area contributed by atoms with Crippen LogP contribution in [-0.4, -0.2) is 30.0 Å². The van der Waals surface area contributed by atoms with Crippen LogP contribution in [0, 0.1) is 6.92 Å². The predicted molar refractivity (Wildman–Crippen MR) is 162 cm³/mol. The summed E-state index contributed by atoms with van der Waals surface area (Å²) >= 11 is 12.4. The Hall–Kier alpha value is -4.08. The summed E-state index contributed by atoms with van der Waals surface area (Å²) in [6.45, 7) is 4.07. The molecule has 1 amide bonds. The first-order chi connectivity index (χ1) is 20.5. The lowest BCUT2D eigenvalue weighted by Gasteiger charge is -2.18. The van der Waals surface area contributed by atoms with Crippen molar-refractivity contribution in [3.8, 4) is 22.3 Å². The average Bonchev–Trinajstić information content (AvgIpc) is 2.96. The molecule has 1 heterocycles. The van der Waals surface area contributed by atoms with Gasteiger partial charge in [0.15, 0.2) is 0 Å². The number of pyridine rings is 1. The van der Waals surface area contributed by atoms with Gasteiger partial charge in [-0.3, -0.25) is 14.6 Å². The Labute approximate surface area is 257 Å².